The Balaban J connectivity index is 1.91. The molecule has 3 rings (SSSR count). The molecule has 0 saturated carbocycles. The average Bonchev–Trinajstić information content (AvgIpc) is 3.02. The zero-order valence-corrected chi connectivity index (χ0v) is 11.4. The van der Waals surface area contributed by atoms with Crippen molar-refractivity contribution in [1.82, 2.24) is 10.2 Å². The minimum absolute atomic E-state index is 0.706. The van der Waals surface area contributed by atoms with Gasteiger partial charge in [0.15, 0.2) is 5.01 Å². The van der Waals surface area contributed by atoms with Gasteiger partial charge in [-0.1, -0.05) is 29.5 Å². The number of thiophene rings is 1. The molecule has 0 spiro atoms. The van der Waals surface area contributed by atoms with Gasteiger partial charge in [-0.2, -0.15) is 0 Å². The van der Waals surface area contributed by atoms with Gasteiger partial charge in [-0.05, 0) is 30.5 Å². The summed E-state index contributed by atoms with van der Waals surface area (Å²) in [6, 6.07) is 10.6. The predicted octanol–water partition coefficient (Wildman–Crippen LogP) is 3.31. The fourth-order valence-electron chi connectivity index (χ4n) is 1.79. The molecule has 0 aliphatic rings. The summed E-state index contributed by atoms with van der Waals surface area (Å²) in [7, 11) is 0. The van der Waals surface area contributed by atoms with Gasteiger partial charge in [0.05, 0.1) is 4.88 Å². The first-order chi connectivity index (χ1) is 8.86. The molecule has 0 saturated heterocycles. The highest BCUT2D eigenvalue weighted by molar-refractivity contribution is 7.25. The molecule has 0 atom stereocenters. The van der Waals surface area contributed by atoms with Gasteiger partial charge >= 0.3 is 0 Å². The second kappa shape index (κ2) is 5.14. The maximum absolute atomic E-state index is 5.50. The quantitative estimate of drug-likeness (QED) is 0.794. The fraction of sp³-hybridized carbons (Fsp3) is 0.231. The van der Waals surface area contributed by atoms with E-state index >= 15 is 0 Å². The number of benzene rings is 1. The van der Waals surface area contributed by atoms with Crippen molar-refractivity contribution in [1.29, 1.82) is 0 Å². The lowest BCUT2D eigenvalue weighted by Crippen LogP contribution is -1.99. The van der Waals surface area contributed by atoms with Crippen LogP contribution in [0.2, 0.25) is 0 Å². The number of aryl methyl sites for hydroxylation is 1. The summed E-state index contributed by atoms with van der Waals surface area (Å²) in [5.74, 6) is 0. The molecule has 0 amide bonds. The van der Waals surface area contributed by atoms with E-state index in [0.717, 1.165) is 22.9 Å². The van der Waals surface area contributed by atoms with Crippen LogP contribution in [0.1, 0.15) is 11.4 Å². The Bertz CT molecular complexity index is 624. The van der Waals surface area contributed by atoms with Gasteiger partial charge in [-0.25, -0.2) is 0 Å². The zero-order chi connectivity index (χ0) is 12.4. The SMILES string of the molecule is NCCCc1nnc(-c2cc3ccccc3s2)s1. The third-order valence-electron chi connectivity index (χ3n) is 2.70. The van der Waals surface area contributed by atoms with Crippen LogP contribution >= 0.6 is 22.7 Å². The highest BCUT2D eigenvalue weighted by atomic mass is 32.1. The van der Waals surface area contributed by atoms with Gasteiger partial charge in [0.25, 0.3) is 0 Å². The fourth-order valence-corrected chi connectivity index (χ4v) is 3.78. The lowest BCUT2D eigenvalue weighted by Gasteiger charge is -1.89. The maximum Gasteiger partial charge on any atom is 0.157 e. The Kier molecular flexibility index (Phi) is 3.36. The summed E-state index contributed by atoms with van der Waals surface area (Å²) in [5.41, 5.74) is 5.50. The largest absolute Gasteiger partial charge is 0.330 e. The monoisotopic (exact) mass is 275 g/mol. The first kappa shape index (κ1) is 11.8. The molecule has 3 aromatic rings. The third-order valence-corrected chi connectivity index (χ3v) is 4.97. The van der Waals surface area contributed by atoms with E-state index in [1.165, 1.54) is 15.0 Å². The van der Waals surface area contributed by atoms with Crippen LogP contribution in [0.25, 0.3) is 20.0 Å². The minimum atomic E-state index is 0.706. The second-order valence-corrected chi connectivity index (χ2v) is 6.19. The molecule has 2 aromatic heterocycles. The van der Waals surface area contributed by atoms with Crippen molar-refractivity contribution >= 4 is 32.8 Å². The first-order valence-corrected chi connectivity index (χ1v) is 7.51. The molecule has 2 heterocycles. The number of hydrogen-bond donors (Lipinski definition) is 1. The van der Waals surface area contributed by atoms with E-state index in [0.29, 0.717) is 6.54 Å². The summed E-state index contributed by atoms with van der Waals surface area (Å²) in [4.78, 5) is 1.20. The molecule has 5 heteroatoms. The predicted molar refractivity (Wildman–Crippen MR) is 78.1 cm³/mol. The zero-order valence-electron chi connectivity index (χ0n) is 9.80. The van der Waals surface area contributed by atoms with E-state index in [-0.39, 0.29) is 0 Å². The number of nitrogens with two attached hydrogens (primary N) is 1. The van der Waals surface area contributed by atoms with E-state index < -0.39 is 0 Å². The van der Waals surface area contributed by atoms with Crippen LogP contribution in [0, 0.1) is 0 Å². The summed E-state index contributed by atoms with van der Waals surface area (Å²) < 4.78 is 1.30. The molecule has 3 nitrogen and oxygen atoms in total. The standard InChI is InChI=1S/C13H13N3S2/c14-7-3-6-12-15-16-13(18-12)11-8-9-4-1-2-5-10(9)17-11/h1-2,4-5,8H,3,6-7,14H2. The third kappa shape index (κ3) is 2.29. The smallest absolute Gasteiger partial charge is 0.157 e. The topological polar surface area (TPSA) is 51.8 Å². The Hall–Kier alpha value is -1.30. The molecule has 92 valence electrons. The van der Waals surface area contributed by atoms with Crippen molar-refractivity contribution in [3.05, 3.63) is 35.3 Å². The van der Waals surface area contributed by atoms with Gasteiger partial charge in [-0.15, -0.1) is 21.5 Å². The lowest BCUT2D eigenvalue weighted by atomic mass is 10.2. The van der Waals surface area contributed by atoms with E-state index in [9.17, 15) is 0 Å². The van der Waals surface area contributed by atoms with Crippen LogP contribution in [-0.4, -0.2) is 16.7 Å². The van der Waals surface area contributed by atoms with E-state index in [1.54, 1.807) is 22.7 Å². The molecular formula is C13H13N3S2. The van der Waals surface area contributed by atoms with Crippen molar-refractivity contribution in [3.63, 3.8) is 0 Å². The molecule has 0 radical (unpaired) electrons. The lowest BCUT2D eigenvalue weighted by molar-refractivity contribution is 0.812. The van der Waals surface area contributed by atoms with Gasteiger partial charge in [0.1, 0.15) is 5.01 Å². The van der Waals surface area contributed by atoms with Gasteiger partial charge in [0, 0.05) is 11.1 Å². The van der Waals surface area contributed by atoms with Crippen LogP contribution in [0.15, 0.2) is 30.3 Å². The van der Waals surface area contributed by atoms with Crippen LogP contribution in [-0.2, 0) is 6.42 Å². The van der Waals surface area contributed by atoms with Crippen LogP contribution < -0.4 is 5.73 Å². The molecule has 18 heavy (non-hydrogen) atoms. The number of hydrogen-bond acceptors (Lipinski definition) is 5. The second-order valence-electron chi connectivity index (χ2n) is 4.04. The van der Waals surface area contributed by atoms with Crippen LogP contribution in [0.4, 0.5) is 0 Å². The van der Waals surface area contributed by atoms with Crippen molar-refractivity contribution in [2.45, 2.75) is 12.8 Å². The van der Waals surface area contributed by atoms with E-state index in [2.05, 4.69) is 40.5 Å². The van der Waals surface area contributed by atoms with Gasteiger partial charge in [-0.3, -0.25) is 0 Å². The van der Waals surface area contributed by atoms with Crippen molar-refractivity contribution in [3.8, 4) is 9.88 Å². The molecule has 1 aromatic carbocycles. The minimum Gasteiger partial charge on any atom is -0.330 e. The molecule has 0 unspecified atom stereocenters. The Morgan fingerprint density at radius 1 is 1.11 bits per heavy atom. The number of fused-ring (bicyclic) bond motifs is 1. The van der Waals surface area contributed by atoms with Crippen molar-refractivity contribution in [2.24, 2.45) is 5.73 Å². The average molecular weight is 275 g/mol. The summed E-state index contributed by atoms with van der Waals surface area (Å²) in [6.45, 7) is 0.706. The van der Waals surface area contributed by atoms with Crippen LogP contribution in [0.3, 0.4) is 0 Å². The Morgan fingerprint density at radius 3 is 2.83 bits per heavy atom. The maximum atomic E-state index is 5.50. The Morgan fingerprint density at radius 2 is 2.00 bits per heavy atom. The van der Waals surface area contributed by atoms with Gasteiger partial charge < -0.3 is 5.73 Å². The molecule has 0 aliphatic carbocycles. The normalized spacial score (nSPS) is 11.2. The van der Waals surface area contributed by atoms with Gasteiger partial charge in [0.2, 0.25) is 0 Å². The molecular weight excluding hydrogens is 262 g/mol. The van der Waals surface area contributed by atoms with E-state index in [4.69, 9.17) is 5.73 Å². The summed E-state index contributed by atoms with van der Waals surface area (Å²) in [6.07, 6.45) is 1.90. The van der Waals surface area contributed by atoms with Crippen molar-refractivity contribution < 1.29 is 0 Å². The number of aromatic nitrogens is 2. The Labute approximate surface area is 113 Å². The number of nitrogens with zero attached hydrogens (tertiary/aromatic N) is 2. The summed E-state index contributed by atoms with van der Waals surface area (Å²) in [5, 5.41) is 11.9. The van der Waals surface area contributed by atoms with Crippen molar-refractivity contribution in [2.75, 3.05) is 6.54 Å². The highest BCUT2D eigenvalue weighted by Gasteiger charge is 2.09. The van der Waals surface area contributed by atoms with E-state index in [1.807, 2.05) is 0 Å². The highest BCUT2D eigenvalue weighted by Crippen LogP contribution is 2.34. The molecule has 0 fully saturated rings. The molecule has 0 bridgehead atoms. The molecule has 0 aliphatic heterocycles. The molecule has 2 N–H and O–H groups in total. The summed E-state index contributed by atoms with van der Waals surface area (Å²) >= 11 is 3.44. The first-order valence-electron chi connectivity index (χ1n) is 5.88. The number of rotatable bonds is 4. The van der Waals surface area contributed by atoms with Crippen LogP contribution in [0.5, 0.6) is 0 Å².